The Morgan fingerprint density at radius 2 is 1.90 bits per heavy atom. The fourth-order valence-electron chi connectivity index (χ4n) is 0.496. The third kappa shape index (κ3) is 2.50. The molecule has 0 aromatic heterocycles. The molecular formula is C6H6BrNaO2. The second-order valence-electron chi connectivity index (χ2n) is 1.64. The van der Waals surface area contributed by atoms with E-state index in [2.05, 4.69) is 15.9 Å². The molecule has 50 valence electrons. The van der Waals surface area contributed by atoms with Crippen LogP contribution in [0.1, 0.15) is 1.43 Å². The Morgan fingerprint density at radius 1 is 1.30 bits per heavy atom. The van der Waals surface area contributed by atoms with Crippen LogP contribution in [-0.4, -0.2) is 10.2 Å². The SMILES string of the molecule is Oc1ccc(O)c(Br)c1.[H-].[Na+]. The van der Waals surface area contributed by atoms with Crippen LogP contribution in [0.5, 0.6) is 11.5 Å². The summed E-state index contributed by atoms with van der Waals surface area (Å²) in [7, 11) is 0. The minimum Gasteiger partial charge on any atom is -1.00 e. The Morgan fingerprint density at radius 3 is 2.30 bits per heavy atom. The van der Waals surface area contributed by atoms with E-state index in [1.54, 1.807) is 0 Å². The van der Waals surface area contributed by atoms with Gasteiger partial charge in [-0.15, -0.1) is 0 Å². The third-order valence-electron chi connectivity index (χ3n) is 0.931. The van der Waals surface area contributed by atoms with Crippen molar-refractivity contribution in [3.63, 3.8) is 0 Å². The number of hydrogen-bond donors (Lipinski definition) is 2. The van der Waals surface area contributed by atoms with Gasteiger partial charge in [0.25, 0.3) is 0 Å². The Kier molecular flexibility index (Phi) is 4.36. The fraction of sp³-hybridized carbons (Fsp3) is 0. The molecule has 0 radical (unpaired) electrons. The zero-order valence-corrected chi connectivity index (χ0v) is 9.09. The van der Waals surface area contributed by atoms with Crippen molar-refractivity contribution in [3.05, 3.63) is 22.7 Å². The molecule has 1 rings (SSSR count). The van der Waals surface area contributed by atoms with Crippen LogP contribution in [0, 0.1) is 0 Å². The van der Waals surface area contributed by atoms with Gasteiger partial charge in [-0.25, -0.2) is 0 Å². The minimum atomic E-state index is 0. The Labute approximate surface area is 90.8 Å². The summed E-state index contributed by atoms with van der Waals surface area (Å²) < 4.78 is 0.502. The number of hydrogen-bond acceptors (Lipinski definition) is 2. The average molecular weight is 213 g/mol. The zero-order chi connectivity index (χ0) is 6.85. The predicted molar refractivity (Wildman–Crippen MR) is 38.6 cm³/mol. The van der Waals surface area contributed by atoms with Gasteiger partial charge in [-0.1, -0.05) is 0 Å². The van der Waals surface area contributed by atoms with E-state index in [4.69, 9.17) is 10.2 Å². The van der Waals surface area contributed by atoms with Crippen molar-refractivity contribution >= 4 is 15.9 Å². The standard InChI is InChI=1S/C6H5BrO2.Na.H/c7-5-3-4(8)1-2-6(5)9;;/h1-3,8-9H;;/q;+1;-1. The maximum absolute atomic E-state index is 8.89. The summed E-state index contributed by atoms with van der Waals surface area (Å²) in [5, 5.41) is 17.7. The quantitative estimate of drug-likeness (QED) is 0.427. The Balaban J connectivity index is 0. The molecule has 1 aromatic carbocycles. The second kappa shape index (κ2) is 4.23. The van der Waals surface area contributed by atoms with Crippen LogP contribution in [0.15, 0.2) is 22.7 Å². The van der Waals surface area contributed by atoms with Gasteiger partial charge in [0.05, 0.1) is 4.47 Å². The van der Waals surface area contributed by atoms with Gasteiger partial charge in [0.2, 0.25) is 0 Å². The van der Waals surface area contributed by atoms with Crippen molar-refractivity contribution in [3.8, 4) is 11.5 Å². The summed E-state index contributed by atoms with van der Waals surface area (Å²) in [5.41, 5.74) is 0. The third-order valence-corrected chi connectivity index (χ3v) is 1.57. The van der Waals surface area contributed by atoms with E-state index < -0.39 is 0 Å². The molecule has 2 N–H and O–H groups in total. The van der Waals surface area contributed by atoms with E-state index in [9.17, 15) is 0 Å². The number of phenols is 2. The summed E-state index contributed by atoms with van der Waals surface area (Å²) in [4.78, 5) is 0. The molecule has 0 atom stereocenters. The summed E-state index contributed by atoms with van der Waals surface area (Å²) in [5.74, 6) is 0.271. The first-order valence-electron chi connectivity index (χ1n) is 2.37. The molecule has 0 bridgehead atoms. The topological polar surface area (TPSA) is 40.5 Å². The van der Waals surface area contributed by atoms with Gasteiger partial charge in [-0.3, -0.25) is 0 Å². The predicted octanol–water partition coefficient (Wildman–Crippen LogP) is -1.02. The van der Waals surface area contributed by atoms with E-state index >= 15 is 0 Å². The molecule has 0 aliphatic heterocycles. The molecule has 0 aliphatic rings. The van der Waals surface area contributed by atoms with Crippen molar-refractivity contribution in [2.75, 3.05) is 0 Å². The molecule has 10 heavy (non-hydrogen) atoms. The molecule has 0 saturated heterocycles. The molecule has 0 saturated carbocycles. The number of aromatic hydroxyl groups is 2. The van der Waals surface area contributed by atoms with Gasteiger partial charge in [-0.2, -0.15) is 0 Å². The second-order valence-corrected chi connectivity index (χ2v) is 2.49. The summed E-state index contributed by atoms with van der Waals surface area (Å²) in [6, 6.07) is 4.26. The van der Waals surface area contributed by atoms with Crippen molar-refractivity contribution in [1.29, 1.82) is 0 Å². The van der Waals surface area contributed by atoms with Crippen LogP contribution in [0.2, 0.25) is 0 Å². The molecule has 4 heteroatoms. The largest absolute Gasteiger partial charge is 1.00 e. The maximum Gasteiger partial charge on any atom is 1.00 e. The summed E-state index contributed by atoms with van der Waals surface area (Å²) in [6.45, 7) is 0. The van der Waals surface area contributed by atoms with Gasteiger partial charge in [0.15, 0.2) is 0 Å². The first kappa shape index (κ1) is 10.3. The zero-order valence-electron chi connectivity index (χ0n) is 6.50. The molecule has 0 heterocycles. The van der Waals surface area contributed by atoms with E-state index in [0.717, 1.165) is 0 Å². The number of benzene rings is 1. The first-order chi connectivity index (χ1) is 4.20. The van der Waals surface area contributed by atoms with E-state index in [-0.39, 0.29) is 42.5 Å². The van der Waals surface area contributed by atoms with E-state index in [1.807, 2.05) is 0 Å². The Bertz CT molecular complexity index is 232. The number of rotatable bonds is 0. The molecule has 2 nitrogen and oxygen atoms in total. The smallest absolute Gasteiger partial charge is 1.00 e. The van der Waals surface area contributed by atoms with Gasteiger partial charge in [0, 0.05) is 0 Å². The van der Waals surface area contributed by atoms with E-state index in [0.29, 0.717) is 4.47 Å². The van der Waals surface area contributed by atoms with Gasteiger partial charge < -0.3 is 11.6 Å². The molecular weight excluding hydrogens is 207 g/mol. The molecule has 0 aliphatic carbocycles. The number of halogens is 1. The minimum absolute atomic E-state index is 0. The van der Waals surface area contributed by atoms with Crippen molar-refractivity contribution in [2.45, 2.75) is 0 Å². The van der Waals surface area contributed by atoms with Gasteiger partial charge in [0.1, 0.15) is 11.5 Å². The molecule has 0 fully saturated rings. The Hall–Kier alpha value is 0.300. The van der Waals surface area contributed by atoms with E-state index in [1.165, 1.54) is 18.2 Å². The molecule has 0 amide bonds. The molecule has 1 aromatic rings. The normalized spacial score (nSPS) is 8.50. The van der Waals surface area contributed by atoms with Gasteiger partial charge >= 0.3 is 29.6 Å². The van der Waals surface area contributed by atoms with Crippen LogP contribution in [-0.2, 0) is 0 Å². The van der Waals surface area contributed by atoms with Crippen LogP contribution in [0.3, 0.4) is 0 Å². The van der Waals surface area contributed by atoms with Crippen molar-refractivity contribution in [1.82, 2.24) is 0 Å². The number of phenolic OH excluding ortho intramolecular Hbond substituents is 2. The van der Waals surface area contributed by atoms with Crippen molar-refractivity contribution < 1.29 is 41.2 Å². The van der Waals surface area contributed by atoms with Crippen LogP contribution >= 0.6 is 15.9 Å². The monoisotopic (exact) mass is 212 g/mol. The van der Waals surface area contributed by atoms with Crippen molar-refractivity contribution in [2.24, 2.45) is 0 Å². The maximum atomic E-state index is 8.89. The molecule has 0 unspecified atom stereocenters. The average Bonchev–Trinajstić information content (AvgIpc) is 1.80. The molecule has 0 spiro atoms. The van der Waals surface area contributed by atoms with Crippen LogP contribution < -0.4 is 29.6 Å². The van der Waals surface area contributed by atoms with Gasteiger partial charge in [-0.05, 0) is 34.1 Å². The first-order valence-corrected chi connectivity index (χ1v) is 3.17. The fourth-order valence-corrected chi connectivity index (χ4v) is 0.863. The summed E-state index contributed by atoms with van der Waals surface area (Å²) in [6.07, 6.45) is 0. The van der Waals surface area contributed by atoms with Crippen LogP contribution in [0.4, 0.5) is 0 Å². The summed E-state index contributed by atoms with van der Waals surface area (Å²) >= 11 is 3.04. The van der Waals surface area contributed by atoms with Crippen LogP contribution in [0.25, 0.3) is 0 Å².